The molecule has 0 aliphatic carbocycles. The molecule has 0 N–H and O–H groups in total. The van der Waals surface area contributed by atoms with Crippen LogP contribution in [0.1, 0.15) is 11.1 Å². The van der Waals surface area contributed by atoms with Crippen molar-refractivity contribution in [1.29, 1.82) is 0 Å². The molecular weight excluding hydrogens is 339 g/mol. The minimum Gasteiger partial charge on any atom is -0.801 e. The second kappa shape index (κ2) is 8.01. The van der Waals surface area contributed by atoms with Gasteiger partial charge in [-0.2, -0.15) is 0 Å². The SMILES string of the molecule is [O-]P1N(c2ccccc2)C[C@H](Cc2ccccc2)N1Cc1ccccc1. The van der Waals surface area contributed by atoms with Crippen LogP contribution in [0.25, 0.3) is 0 Å². The van der Waals surface area contributed by atoms with Crippen LogP contribution in [-0.2, 0) is 13.0 Å². The van der Waals surface area contributed by atoms with Crippen molar-refractivity contribution in [3.05, 3.63) is 102 Å². The Balaban J connectivity index is 1.60. The maximum Gasteiger partial charge on any atom is 0.0399 e. The first kappa shape index (κ1) is 17.2. The topological polar surface area (TPSA) is 29.5 Å². The molecule has 2 atom stereocenters. The molecule has 1 saturated heterocycles. The predicted molar refractivity (Wildman–Crippen MR) is 107 cm³/mol. The Bertz CT molecular complexity index is 813. The summed E-state index contributed by atoms with van der Waals surface area (Å²) in [6, 6.07) is 31.1. The van der Waals surface area contributed by atoms with E-state index in [1.807, 2.05) is 59.3 Å². The van der Waals surface area contributed by atoms with Crippen LogP contribution in [0.15, 0.2) is 91.0 Å². The molecule has 0 amide bonds. The summed E-state index contributed by atoms with van der Waals surface area (Å²) in [7, 11) is -1.61. The van der Waals surface area contributed by atoms with E-state index in [0.717, 1.165) is 18.7 Å². The van der Waals surface area contributed by atoms with Crippen LogP contribution in [0.4, 0.5) is 5.69 Å². The summed E-state index contributed by atoms with van der Waals surface area (Å²) >= 11 is 0. The third kappa shape index (κ3) is 3.81. The van der Waals surface area contributed by atoms with Gasteiger partial charge in [-0.25, -0.2) is 0 Å². The normalized spacial score (nSPS) is 20.4. The Morgan fingerprint density at radius 3 is 1.92 bits per heavy atom. The van der Waals surface area contributed by atoms with Crippen molar-refractivity contribution in [2.45, 2.75) is 19.0 Å². The van der Waals surface area contributed by atoms with Gasteiger partial charge in [-0.05, 0) is 38.1 Å². The number of para-hydroxylation sites is 1. The molecule has 0 radical (unpaired) electrons. The monoisotopic (exact) mass is 361 g/mol. The van der Waals surface area contributed by atoms with Crippen molar-refractivity contribution in [1.82, 2.24) is 4.67 Å². The third-order valence-corrected chi connectivity index (χ3v) is 6.50. The van der Waals surface area contributed by atoms with E-state index in [0.29, 0.717) is 6.54 Å². The highest BCUT2D eigenvalue weighted by molar-refractivity contribution is 7.49. The van der Waals surface area contributed by atoms with E-state index in [4.69, 9.17) is 0 Å². The number of anilines is 1. The van der Waals surface area contributed by atoms with Crippen LogP contribution < -0.4 is 9.56 Å². The summed E-state index contributed by atoms with van der Waals surface area (Å²) in [5.41, 5.74) is 3.51. The molecule has 4 rings (SSSR count). The highest BCUT2D eigenvalue weighted by Gasteiger charge is 2.33. The lowest BCUT2D eigenvalue weighted by molar-refractivity contribution is -0.170. The number of rotatable bonds is 5. The quantitative estimate of drug-likeness (QED) is 0.638. The number of benzene rings is 3. The molecule has 26 heavy (non-hydrogen) atoms. The van der Waals surface area contributed by atoms with Crippen molar-refractivity contribution in [3.63, 3.8) is 0 Å². The molecule has 1 aliphatic heterocycles. The smallest absolute Gasteiger partial charge is 0.0399 e. The Labute approximate surface area is 156 Å². The molecular formula is C22H22N2OP-. The van der Waals surface area contributed by atoms with Gasteiger partial charge in [0, 0.05) is 24.8 Å². The molecule has 3 nitrogen and oxygen atoms in total. The van der Waals surface area contributed by atoms with E-state index in [2.05, 4.69) is 41.1 Å². The van der Waals surface area contributed by atoms with Gasteiger partial charge in [0.1, 0.15) is 0 Å². The lowest BCUT2D eigenvalue weighted by Crippen LogP contribution is -2.31. The summed E-state index contributed by atoms with van der Waals surface area (Å²) < 4.78 is 4.20. The minimum absolute atomic E-state index is 0.224. The Morgan fingerprint density at radius 2 is 1.31 bits per heavy atom. The van der Waals surface area contributed by atoms with E-state index in [1.54, 1.807) is 0 Å². The van der Waals surface area contributed by atoms with Crippen LogP contribution in [0, 0.1) is 0 Å². The van der Waals surface area contributed by atoms with E-state index in [9.17, 15) is 4.89 Å². The van der Waals surface area contributed by atoms with Gasteiger partial charge in [0.05, 0.1) is 0 Å². The maximum atomic E-state index is 13.3. The zero-order chi connectivity index (χ0) is 17.8. The molecule has 1 aliphatic rings. The van der Waals surface area contributed by atoms with Crippen molar-refractivity contribution in [2.24, 2.45) is 0 Å². The average molecular weight is 361 g/mol. The van der Waals surface area contributed by atoms with Crippen molar-refractivity contribution in [2.75, 3.05) is 11.2 Å². The van der Waals surface area contributed by atoms with Gasteiger partial charge in [0.2, 0.25) is 0 Å². The Hall–Kier alpha value is -2.19. The van der Waals surface area contributed by atoms with Gasteiger partial charge in [-0.15, -0.1) is 0 Å². The van der Waals surface area contributed by atoms with Crippen molar-refractivity contribution in [3.8, 4) is 0 Å². The zero-order valence-corrected chi connectivity index (χ0v) is 15.5. The second-order valence-corrected chi connectivity index (χ2v) is 8.10. The van der Waals surface area contributed by atoms with Gasteiger partial charge in [0.15, 0.2) is 0 Å². The Kier molecular flexibility index (Phi) is 5.31. The van der Waals surface area contributed by atoms with Gasteiger partial charge < -0.3 is 9.56 Å². The predicted octanol–water partition coefficient (Wildman–Crippen LogP) is 4.21. The van der Waals surface area contributed by atoms with E-state index in [-0.39, 0.29) is 6.04 Å². The molecule has 0 saturated carbocycles. The number of hydrogen-bond acceptors (Lipinski definition) is 3. The van der Waals surface area contributed by atoms with Crippen LogP contribution in [0.2, 0.25) is 0 Å². The largest absolute Gasteiger partial charge is 0.801 e. The summed E-state index contributed by atoms with van der Waals surface area (Å²) in [5.74, 6) is 0. The van der Waals surface area contributed by atoms with Gasteiger partial charge >= 0.3 is 0 Å². The first-order chi connectivity index (χ1) is 12.8. The molecule has 1 fully saturated rings. The fourth-order valence-electron chi connectivity index (χ4n) is 3.46. The Morgan fingerprint density at radius 1 is 0.769 bits per heavy atom. The molecule has 0 spiro atoms. The molecule has 4 heteroatoms. The first-order valence-corrected chi connectivity index (χ1v) is 10.1. The van der Waals surface area contributed by atoms with Gasteiger partial charge in [0.25, 0.3) is 0 Å². The molecule has 1 unspecified atom stereocenters. The highest BCUT2D eigenvalue weighted by atomic mass is 31.2. The van der Waals surface area contributed by atoms with Crippen molar-refractivity contribution >= 4 is 14.1 Å². The summed E-state index contributed by atoms with van der Waals surface area (Å²) in [6.45, 7) is 1.48. The van der Waals surface area contributed by atoms with Crippen LogP contribution in [0.3, 0.4) is 0 Å². The summed E-state index contributed by atoms with van der Waals surface area (Å²) in [4.78, 5) is 13.3. The van der Waals surface area contributed by atoms with Crippen LogP contribution in [-0.4, -0.2) is 17.3 Å². The van der Waals surface area contributed by atoms with E-state index < -0.39 is 8.45 Å². The molecule has 0 bridgehead atoms. The maximum absolute atomic E-state index is 13.3. The molecule has 3 aromatic carbocycles. The van der Waals surface area contributed by atoms with Gasteiger partial charge in [-0.1, -0.05) is 78.9 Å². The van der Waals surface area contributed by atoms with Gasteiger partial charge in [-0.3, -0.25) is 4.67 Å². The second-order valence-electron chi connectivity index (χ2n) is 6.60. The summed E-state index contributed by atoms with van der Waals surface area (Å²) in [5, 5.41) is 0. The summed E-state index contributed by atoms with van der Waals surface area (Å²) in [6.07, 6.45) is 0.901. The number of hydrogen-bond donors (Lipinski definition) is 0. The third-order valence-electron chi connectivity index (χ3n) is 4.79. The lowest BCUT2D eigenvalue weighted by Gasteiger charge is -2.37. The first-order valence-electron chi connectivity index (χ1n) is 8.95. The molecule has 1 heterocycles. The van der Waals surface area contributed by atoms with E-state index in [1.165, 1.54) is 11.1 Å². The van der Waals surface area contributed by atoms with Crippen LogP contribution >= 0.6 is 8.45 Å². The zero-order valence-electron chi connectivity index (χ0n) is 14.6. The lowest BCUT2D eigenvalue weighted by atomic mass is 10.1. The molecule has 3 aromatic rings. The molecule has 132 valence electrons. The minimum atomic E-state index is -1.61. The molecule has 0 aromatic heterocycles. The van der Waals surface area contributed by atoms with Crippen molar-refractivity contribution < 1.29 is 4.89 Å². The fourth-order valence-corrected chi connectivity index (χ4v) is 5.12. The highest BCUT2D eigenvalue weighted by Crippen LogP contribution is 2.48. The van der Waals surface area contributed by atoms with E-state index >= 15 is 0 Å². The van der Waals surface area contributed by atoms with Crippen LogP contribution in [0.5, 0.6) is 0 Å². The standard InChI is InChI=1S/C22H22N2OP/c25-26-23(17-20-12-6-2-7-13-20)22(16-19-10-4-1-5-11-19)18-24(26)21-14-8-3-9-15-21/h1-15,22H,16-18H2/q-1/t22-,26?/m0/s1. The number of nitrogens with zero attached hydrogens (tertiary/aromatic N) is 2. The average Bonchev–Trinajstić information content (AvgIpc) is 3.00. The fraction of sp³-hybridized carbons (Fsp3) is 0.182.